The highest BCUT2D eigenvalue weighted by Gasteiger charge is 2.31. The van der Waals surface area contributed by atoms with Crippen molar-refractivity contribution in [2.24, 2.45) is 0 Å². The first kappa shape index (κ1) is 22.1. The lowest BCUT2D eigenvalue weighted by molar-refractivity contribution is -0.137. The van der Waals surface area contributed by atoms with Crippen LogP contribution in [0.2, 0.25) is 0 Å². The van der Waals surface area contributed by atoms with Gasteiger partial charge in [-0.3, -0.25) is 9.69 Å². The fourth-order valence-electron chi connectivity index (χ4n) is 3.74. The van der Waals surface area contributed by atoms with Crippen molar-refractivity contribution in [2.45, 2.75) is 31.2 Å². The largest absolute Gasteiger partial charge is 0.416 e. The molecule has 3 rings (SSSR count). The molecule has 162 valence electrons. The van der Waals surface area contributed by atoms with Crippen molar-refractivity contribution in [3.63, 3.8) is 0 Å². The number of alkyl halides is 3. The Morgan fingerprint density at radius 1 is 1.27 bits per heavy atom. The Morgan fingerprint density at radius 2 is 1.97 bits per heavy atom. The van der Waals surface area contributed by atoms with Crippen LogP contribution >= 0.6 is 0 Å². The molecule has 5 nitrogen and oxygen atoms in total. The summed E-state index contributed by atoms with van der Waals surface area (Å²) in [4.78, 5) is 16.7. The average molecular weight is 421 g/mol. The zero-order chi connectivity index (χ0) is 21.9. The minimum absolute atomic E-state index is 0.0505. The van der Waals surface area contributed by atoms with Crippen LogP contribution in [0.15, 0.2) is 48.5 Å². The monoisotopic (exact) mass is 421 g/mol. The molecular weight excluding hydrogens is 395 g/mol. The van der Waals surface area contributed by atoms with Crippen molar-refractivity contribution in [1.82, 2.24) is 9.80 Å². The molecule has 1 fully saturated rings. The first-order chi connectivity index (χ1) is 14.1. The number of benzene rings is 2. The van der Waals surface area contributed by atoms with Gasteiger partial charge in [-0.1, -0.05) is 36.4 Å². The smallest absolute Gasteiger partial charge is 0.398 e. The van der Waals surface area contributed by atoms with Crippen LogP contribution in [0.5, 0.6) is 0 Å². The second-order valence-electron chi connectivity index (χ2n) is 7.72. The van der Waals surface area contributed by atoms with Crippen LogP contribution in [0.3, 0.4) is 0 Å². The highest BCUT2D eigenvalue weighted by molar-refractivity contribution is 5.80. The van der Waals surface area contributed by atoms with Gasteiger partial charge in [0, 0.05) is 32.4 Å². The number of nitrogens with two attached hydrogens (primary N) is 1. The molecule has 0 spiro atoms. The van der Waals surface area contributed by atoms with Gasteiger partial charge in [0.25, 0.3) is 0 Å². The first-order valence-electron chi connectivity index (χ1n) is 9.81. The normalized spacial score (nSPS) is 18.4. The van der Waals surface area contributed by atoms with Crippen LogP contribution < -0.4 is 5.73 Å². The molecule has 2 aromatic carbocycles. The highest BCUT2D eigenvalue weighted by Crippen LogP contribution is 2.32. The number of carbonyl (C=O) groups excluding carboxylic acids is 1. The van der Waals surface area contributed by atoms with E-state index in [1.807, 2.05) is 30.3 Å². The minimum Gasteiger partial charge on any atom is -0.398 e. The number of aliphatic hydroxyl groups is 1. The number of hydrogen-bond donors (Lipinski definition) is 2. The number of likely N-dealkylation sites (tertiary alicyclic amines) is 1. The van der Waals surface area contributed by atoms with Gasteiger partial charge in [0.05, 0.1) is 24.1 Å². The van der Waals surface area contributed by atoms with E-state index in [1.165, 1.54) is 6.07 Å². The molecule has 0 bridgehead atoms. The molecule has 0 aliphatic carbocycles. The molecule has 1 saturated heterocycles. The van der Waals surface area contributed by atoms with E-state index in [2.05, 4.69) is 4.90 Å². The van der Waals surface area contributed by atoms with E-state index in [9.17, 15) is 23.1 Å². The third-order valence-corrected chi connectivity index (χ3v) is 5.54. The molecule has 1 aliphatic heterocycles. The van der Waals surface area contributed by atoms with Gasteiger partial charge in [-0.25, -0.2) is 0 Å². The molecule has 1 aliphatic rings. The summed E-state index contributed by atoms with van der Waals surface area (Å²) in [6.45, 7) is 1.86. The summed E-state index contributed by atoms with van der Waals surface area (Å²) in [5.41, 5.74) is 6.23. The van der Waals surface area contributed by atoms with Crippen molar-refractivity contribution >= 4 is 11.6 Å². The highest BCUT2D eigenvalue weighted by atomic mass is 19.4. The Bertz CT molecular complexity index is 874. The summed E-state index contributed by atoms with van der Waals surface area (Å²) >= 11 is 0. The topological polar surface area (TPSA) is 69.8 Å². The van der Waals surface area contributed by atoms with E-state index in [0.29, 0.717) is 25.1 Å². The Balaban J connectivity index is 1.77. The Morgan fingerprint density at radius 3 is 2.53 bits per heavy atom. The Labute approximate surface area is 173 Å². The van der Waals surface area contributed by atoms with E-state index < -0.39 is 11.7 Å². The third kappa shape index (κ3) is 5.31. The molecule has 8 heteroatoms. The summed E-state index contributed by atoms with van der Waals surface area (Å²) < 4.78 is 38.6. The Kier molecular flexibility index (Phi) is 6.67. The van der Waals surface area contributed by atoms with Gasteiger partial charge in [0.2, 0.25) is 5.91 Å². The van der Waals surface area contributed by atoms with Crippen molar-refractivity contribution in [3.8, 4) is 0 Å². The fraction of sp³-hybridized carbons (Fsp3) is 0.409. The third-order valence-electron chi connectivity index (χ3n) is 5.54. The minimum atomic E-state index is -4.48. The fourth-order valence-corrected chi connectivity index (χ4v) is 3.74. The van der Waals surface area contributed by atoms with Crippen LogP contribution in [-0.2, 0) is 17.4 Å². The number of nitrogens with zero attached hydrogens (tertiary/aromatic N) is 2. The van der Waals surface area contributed by atoms with E-state index in [0.717, 1.165) is 24.2 Å². The number of β-amino-alcohol motifs (C(OH)–C–C–N with tert-alkyl or cyclic N) is 1. The van der Waals surface area contributed by atoms with Gasteiger partial charge in [-0.15, -0.1) is 0 Å². The zero-order valence-electron chi connectivity index (χ0n) is 16.8. The second-order valence-corrected chi connectivity index (χ2v) is 7.72. The maximum Gasteiger partial charge on any atom is 0.416 e. The first-order valence-corrected chi connectivity index (χ1v) is 9.81. The van der Waals surface area contributed by atoms with Crippen LogP contribution in [0.25, 0.3) is 0 Å². The number of carbonyl (C=O) groups is 1. The van der Waals surface area contributed by atoms with Crippen molar-refractivity contribution in [3.05, 3.63) is 65.2 Å². The number of hydrogen-bond acceptors (Lipinski definition) is 4. The molecule has 0 aromatic heterocycles. The number of amides is 1. The van der Waals surface area contributed by atoms with Crippen molar-refractivity contribution in [2.75, 3.05) is 32.4 Å². The standard InChI is InChI=1S/C22H26F3N3O2/c1-27(21(30)11-16-7-8-17(12-19(16)26)22(23,24)25)20(15-5-3-2-4-6-15)14-28-10-9-18(29)13-28/h2-8,12,18,20,29H,9-11,13-14,26H2,1H3/t18-,20+/m0/s1. The summed E-state index contributed by atoms with van der Waals surface area (Å²) in [5.74, 6) is -0.241. The number of rotatable bonds is 6. The predicted molar refractivity (Wildman–Crippen MR) is 109 cm³/mol. The lowest BCUT2D eigenvalue weighted by Crippen LogP contribution is -2.39. The number of nitrogen functional groups attached to an aromatic ring is 1. The quantitative estimate of drug-likeness (QED) is 0.704. The van der Waals surface area contributed by atoms with Gasteiger partial charge in [0.1, 0.15) is 0 Å². The lowest BCUT2D eigenvalue weighted by atomic mass is 10.0. The van der Waals surface area contributed by atoms with Crippen LogP contribution in [-0.4, -0.2) is 53.6 Å². The lowest BCUT2D eigenvalue weighted by Gasteiger charge is -2.32. The van der Waals surface area contributed by atoms with Crippen LogP contribution in [0, 0.1) is 0 Å². The molecule has 0 unspecified atom stereocenters. The summed E-state index contributed by atoms with van der Waals surface area (Å²) in [6.07, 6.45) is -4.24. The van der Waals surface area contributed by atoms with Gasteiger partial charge in [0.15, 0.2) is 0 Å². The molecule has 30 heavy (non-hydrogen) atoms. The van der Waals surface area contributed by atoms with Gasteiger partial charge in [-0.2, -0.15) is 13.2 Å². The SMILES string of the molecule is CN(C(=O)Cc1ccc(C(F)(F)F)cc1N)[C@H](CN1CC[C@H](O)C1)c1ccccc1. The van der Waals surface area contributed by atoms with E-state index >= 15 is 0 Å². The Hall–Kier alpha value is -2.58. The maximum absolute atomic E-state index is 13.0. The van der Waals surface area contributed by atoms with E-state index in [-0.39, 0.29) is 30.2 Å². The molecule has 2 aromatic rings. The van der Waals surface area contributed by atoms with Crippen molar-refractivity contribution < 1.29 is 23.1 Å². The number of likely N-dealkylation sites (N-methyl/N-ethyl adjacent to an activating group) is 1. The average Bonchev–Trinajstić information content (AvgIpc) is 3.11. The predicted octanol–water partition coefficient (Wildman–Crippen LogP) is 3.10. The van der Waals surface area contributed by atoms with E-state index in [4.69, 9.17) is 5.73 Å². The molecular formula is C22H26F3N3O2. The van der Waals surface area contributed by atoms with Crippen LogP contribution in [0.1, 0.15) is 29.2 Å². The van der Waals surface area contributed by atoms with E-state index in [1.54, 1.807) is 11.9 Å². The number of anilines is 1. The molecule has 1 heterocycles. The number of halogens is 3. The molecule has 0 radical (unpaired) electrons. The zero-order valence-corrected chi connectivity index (χ0v) is 16.8. The van der Waals surface area contributed by atoms with Gasteiger partial charge < -0.3 is 15.7 Å². The maximum atomic E-state index is 13.0. The molecule has 1 amide bonds. The summed E-state index contributed by atoms with van der Waals surface area (Å²) in [6, 6.07) is 12.4. The second kappa shape index (κ2) is 9.06. The van der Waals surface area contributed by atoms with Gasteiger partial charge in [-0.05, 0) is 29.7 Å². The molecule has 0 saturated carbocycles. The van der Waals surface area contributed by atoms with Gasteiger partial charge >= 0.3 is 6.18 Å². The van der Waals surface area contributed by atoms with Crippen molar-refractivity contribution in [1.29, 1.82) is 0 Å². The summed E-state index contributed by atoms with van der Waals surface area (Å²) in [7, 11) is 1.69. The molecule has 2 atom stereocenters. The number of aliphatic hydroxyl groups excluding tert-OH is 1. The summed E-state index contributed by atoms with van der Waals surface area (Å²) in [5, 5.41) is 9.82. The van der Waals surface area contributed by atoms with Crippen LogP contribution in [0.4, 0.5) is 18.9 Å². The molecule has 3 N–H and O–H groups in total.